The highest BCUT2D eigenvalue weighted by molar-refractivity contribution is 6.05. The van der Waals surface area contributed by atoms with Gasteiger partial charge in [-0.3, -0.25) is 14.5 Å². The predicted molar refractivity (Wildman–Crippen MR) is 101 cm³/mol. The molecule has 4 nitrogen and oxygen atoms in total. The minimum Gasteiger partial charge on any atom is -0.348 e. The van der Waals surface area contributed by atoms with Crippen LogP contribution in [0.1, 0.15) is 50.8 Å². The number of nitrogens with one attached hydrogen (secondary N) is 1. The van der Waals surface area contributed by atoms with Crippen molar-refractivity contribution in [2.24, 2.45) is 0 Å². The molecule has 0 saturated heterocycles. The van der Waals surface area contributed by atoms with Gasteiger partial charge >= 0.3 is 0 Å². The molecule has 2 aromatic rings. The van der Waals surface area contributed by atoms with E-state index in [4.69, 9.17) is 0 Å². The fraction of sp³-hybridized carbons (Fsp3) is 0.364. The highest BCUT2D eigenvalue weighted by Crippen LogP contribution is 2.25. The fourth-order valence-electron chi connectivity index (χ4n) is 4.15. The summed E-state index contributed by atoms with van der Waals surface area (Å²) in [7, 11) is 0. The van der Waals surface area contributed by atoms with Gasteiger partial charge in [0.15, 0.2) is 5.78 Å². The number of fused-ring (bicyclic) bond motifs is 2. The van der Waals surface area contributed by atoms with E-state index in [1.54, 1.807) is 0 Å². The molecule has 1 atom stereocenters. The monoisotopic (exact) mass is 348 g/mol. The summed E-state index contributed by atoms with van der Waals surface area (Å²) in [6, 6.07) is 14.1. The summed E-state index contributed by atoms with van der Waals surface area (Å²) in [6.45, 7) is 4.83. The van der Waals surface area contributed by atoms with Crippen LogP contribution in [0.4, 0.5) is 0 Å². The number of nitrogens with zero attached hydrogens (tertiary/aromatic N) is 1. The number of benzene rings is 2. The van der Waals surface area contributed by atoms with Gasteiger partial charge in [-0.2, -0.15) is 0 Å². The number of carbonyl (C=O) groups is 2. The van der Waals surface area contributed by atoms with Gasteiger partial charge < -0.3 is 5.32 Å². The zero-order valence-corrected chi connectivity index (χ0v) is 15.1. The lowest BCUT2D eigenvalue weighted by Gasteiger charge is -2.31. The van der Waals surface area contributed by atoms with Gasteiger partial charge in [-0.1, -0.05) is 36.4 Å². The van der Waals surface area contributed by atoms with Crippen LogP contribution in [0.5, 0.6) is 0 Å². The molecule has 1 heterocycles. The third-order valence-corrected chi connectivity index (χ3v) is 5.44. The van der Waals surface area contributed by atoms with E-state index >= 15 is 0 Å². The Labute approximate surface area is 154 Å². The lowest BCUT2D eigenvalue weighted by atomic mass is 9.99. The van der Waals surface area contributed by atoms with Crippen molar-refractivity contribution in [1.82, 2.24) is 10.2 Å². The van der Waals surface area contributed by atoms with Gasteiger partial charge in [0.1, 0.15) is 0 Å². The summed E-state index contributed by atoms with van der Waals surface area (Å²) in [5.41, 5.74) is 5.11. The number of carbonyl (C=O) groups excluding carboxylic acids is 2. The highest BCUT2D eigenvalue weighted by Gasteiger charge is 2.25. The maximum absolute atomic E-state index is 12.7. The van der Waals surface area contributed by atoms with Crippen LogP contribution in [0.25, 0.3) is 0 Å². The molecule has 26 heavy (non-hydrogen) atoms. The highest BCUT2D eigenvalue weighted by atomic mass is 16.1. The van der Waals surface area contributed by atoms with Crippen molar-refractivity contribution in [3.05, 3.63) is 70.3 Å². The van der Waals surface area contributed by atoms with Crippen molar-refractivity contribution >= 4 is 11.7 Å². The average Bonchev–Trinajstić information content (AvgIpc) is 3.02. The first kappa shape index (κ1) is 17.0. The first-order valence-corrected chi connectivity index (χ1v) is 9.37. The van der Waals surface area contributed by atoms with Gasteiger partial charge in [-0.25, -0.2) is 0 Å². The van der Waals surface area contributed by atoms with Crippen molar-refractivity contribution in [2.75, 3.05) is 13.1 Å². The normalized spacial score (nSPS) is 17.5. The summed E-state index contributed by atoms with van der Waals surface area (Å²) in [5, 5.41) is 3.12. The van der Waals surface area contributed by atoms with Crippen LogP contribution in [0.15, 0.2) is 42.5 Å². The zero-order valence-electron chi connectivity index (χ0n) is 15.1. The summed E-state index contributed by atoms with van der Waals surface area (Å²) in [6.07, 6.45) is 2.25. The first-order chi connectivity index (χ1) is 12.6. The van der Waals surface area contributed by atoms with Crippen LogP contribution in [0.3, 0.4) is 0 Å². The summed E-state index contributed by atoms with van der Waals surface area (Å²) in [5.74, 6) is 0.0798. The van der Waals surface area contributed by atoms with E-state index in [0.29, 0.717) is 18.4 Å². The molecule has 0 saturated carbocycles. The van der Waals surface area contributed by atoms with Gasteiger partial charge in [-0.15, -0.1) is 0 Å². The van der Waals surface area contributed by atoms with Crippen molar-refractivity contribution in [2.45, 2.75) is 38.8 Å². The SMILES string of the molecule is C[C@H](CN1CCc2ccccc2C1)NC(=O)c1cccc2c1CCC2=O. The predicted octanol–water partition coefficient (Wildman–Crippen LogP) is 2.99. The number of ketones is 1. The van der Waals surface area contributed by atoms with Crippen molar-refractivity contribution in [3.63, 3.8) is 0 Å². The van der Waals surface area contributed by atoms with Gasteiger partial charge in [0.05, 0.1) is 0 Å². The molecule has 2 aliphatic rings. The van der Waals surface area contributed by atoms with Gasteiger partial charge in [0.25, 0.3) is 5.91 Å². The van der Waals surface area contributed by atoms with E-state index in [1.807, 2.05) is 25.1 Å². The van der Waals surface area contributed by atoms with Crippen LogP contribution < -0.4 is 5.32 Å². The molecule has 1 aliphatic heterocycles. The van der Waals surface area contributed by atoms with Crippen LogP contribution in [-0.4, -0.2) is 35.7 Å². The Morgan fingerprint density at radius 2 is 1.88 bits per heavy atom. The second kappa shape index (κ2) is 7.04. The molecular formula is C22H24N2O2. The molecule has 0 bridgehead atoms. The first-order valence-electron chi connectivity index (χ1n) is 9.37. The maximum atomic E-state index is 12.7. The molecule has 2 aromatic carbocycles. The van der Waals surface area contributed by atoms with Crippen LogP contribution in [0, 0.1) is 0 Å². The standard InChI is InChI=1S/C22H24N2O2/c1-15(13-24-12-11-16-5-2-3-6-17(16)14-24)23-22(26)20-8-4-7-19-18(20)9-10-21(19)25/h2-8,15H,9-14H2,1H3,(H,23,26)/t15-/m1/s1. The lowest BCUT2D eigenvalue weighted by molar-refractivity contribution is 0.0925. The number of hydrogen-bond acceptors (Lipinski definition) is 3. The number of hydrogen-bond donors (Lipinski definition) is 1. The van der Waals surface area contributed by atoms with E-state index < -0.39 is 0 Å². The van der Waals surface area contributed by atoms with Gasteiger partial charge in [0.2, 0.25) is 0 Å². The van der Waals surface area contributed by atoms with E-state index in [0.717, 1.165) is 37.2 Å². The molecule has 1 amide bonds. The van der Waals surface area contributed by atoms with Crippen molar-refractivity contribution < 1.29 is 9.59 Å². The molecule has 0 radical (unpaired) electrons. The molecule has 4 rings (SSSR count). The summed E-state index contributed by atoms with van der Waals surface area (Å²) in [4.78, 5) is 27.0. The topological polar surface area (TPSA) is 49.4 Å². The van der Waals surface area contributed by atoms with E-state index in [2.05, 4.69) is 34.5 Å². The molecule has 1 N–H and O–H groups in total. The van der Waals surface area contributed by atoms with Crippen LogP contribution in [-0.2, 0) is 19.4 Å². The Kier molecular flexibility index (Phi) is 4.60. The summed E-state index contributed by atoms with van der Waals surface area (Å²) >= 11 is 0. The third kappa shape index (κ3) is 3.29. The maximum Gasteiger partial charge on any atom is 0.251 e. The molecule has 0 unspecified atom stereocenters. The average molecular weight is 348 g/mol. The van der Waals surface area contributed by atoms with E-state index in [1.165, 1.54) is 11.1 Å². The second-order valence-electron chi connectivity index (χ2n) is 7.38. The molecule has 0 fully saturated rings. The minimum absolute atomic E-state index is 0.0562. The quantitative estimate of drug-likeness (QED) is 0.924. The summed E-state index contributed by atoms with van der Waals surface area (Å²) < 4.78 is 0. The fourth-order valence-corrected chi connectivity index (χ4v) is 4.15. The number of rotatable bonds is 4. The van der Waals surface area contributed by atoms with Crippen LogP contribution >= 0.6 is 0 Å². The third-order valence-electron chi connectivity index (χ3n) is 5.44. The molecule has 0 aromatic heterocycles. The zero-order chi connectivity index (χ0) is 18.1. The van der Waals surface area contributed by atoms with E-state index in [-0.39, 0.29) is 17.7 Å². The molecular weight excluding hydrogens is 324 g/mol. The smallest absolute Gasteiger partial charge is 0.251 e. The van der Waals surface area contributed by atoms with Crippen molar-refractivity contribution in [3.8, 4) is 0 Å². The van der Waals surface area contributed by atoms with E-state index in [9.17, 15) is 9.59 Å². The Hall–Kier alpha value is -2.46. The molecule has 0 spiro atoms. The molecule has 1 aliphatic carbocycles. The van der Waals surface area contributed by atoms with Gasteiger partial charge in [0, 0.05) is 43.2 Å². The molecule has 4 heteroatoms. The van der Waals surface area contributed by atoms with Crippen molar-refractivity contribution in [1.29, 1.82) is 0 Å². The number of Topliss-reactive ketones (excluding diaryl/α,β-unsaturated/α-hetero) is 1. The second-order valence-corrected chi connectivity index (χ2v) is 7.38. The Morgan fingerprint density at radius 1 is 1.08 bits per heavy atom. The number of amides is 1. The Balaban J connectivity index is 1.39. The Morgan fingerprint density at radius 3 is 2.73 bits per heavy atom. The lowest BCUT2D eigenvalue weighted by Crippen LogP contribution is -2.43. The van der Waals surface area contributed by atoms with Crippen LogP contribution in [0.2, 0.25) is 0 Å². The Bertz CT molecular complexity index is 859. The minimum atomic E-state index is -0.0681. The molecule has 134 valence electrons. The van der Waals surface area contributed by atoms with Gasteiger partial charge in [-0.05, 0) is 42.5 Å². The largest absolute Gasteiger partial charge is 0.348 e.